The van der Waals surface area contributed by atoms with Crippen LogP contribution in [0, 0.1) is 5.82 Å². The van der Waals surface area contributed by atoms with Crippen LogP contribution in [0.5, 0.6) is 5.75 Å². The van der Waals surface area contributed by atoms with E-state index in [1.165, 1.54) is 31.2 Å². The van der Waals surface area contributed by atoms with Gasteiger partial charge in [-0.25, -0.2) is 9.18 Å². The molecule has 1 aromatic carbocycles. The van der Waals surface area contributed by atoms with Crippen LogP contribution in [0.2, 0.25) is 0 Å². The largest absolute Gasteiger partial charge is 0.494 e. The number of hydrogen-bond donors (Lipinski definition) is 1. The van der Waals surface area contributed by atoms with Gasteiger partial charge in [-0.3, -0.25) is 4.79 Å². The first kappa shape index (κ1) is 16.7. The first-order valence-corrected chi connectivity index (χ1v) is 6.49. The van der Waals surface area contributed by atoms with Crippen molar-refractivity contribution in [2.45, 2.75) is 13.5 Å². The van der Waals surface area contributed by atoms with Crippen LogP contribution in [0.15, 0.2) is 18.2 Å². The van der Waals surface area contributed by atoms with E-state index in [2.05, 4.69) is 0 Å². The summed E-state index contributed by atoms with van der Waals surface area (Å²) in [5.41, 5.74) is 5.73. The lowest BCUT2D eigenvalue weighted by Crippen LogP contribution is -2.42. The molecule has 0 saturated heterocycles. The summed E-state index contributed by atoms with van der Waals surface area (Å²) in [5, 5.41) is 0. The summed E-state index contributed by atoms with van der Waals surface area (Å²) in [6, 6.07) is 3.86. The van der Waals surface area contributed by atoms with Gasteiger partial charge >= 0.3 is 6.03 Å². The van der Waals surface area contributed by atoms with Gasteiger partial charge in [0.15, 0.2) is 11.6 Å². The number of primary amides is 1. The number of methoxy groups -OCH3 is 1. The lowest BCUT2D eigenvalue weighted by atomic mass is 10.2. The number of nitrogens with zero attached hydrogens (tertiary/aromatic N) is 2. The molecule has 0 unspecified atom stereocenters. The Hall–Kier alpha value is -2.31. The van der Waals surface area contributed by atoms with Crippen molar-refractivity contribution in [2.75, 3.05) is 27.2 Å². The maximum absolute atomic E-state index is 13.6. The molecule has 1 rings (SSSR count). The number of urea groups is 1. The second kappa shape index (κ2) is 7.47. The molecule has 3 amide bonds. The molecule has 1 aromatic rings. The van der Waals surface area contributed by atoms with Crippen LogP contribution in [-0.2, 0) is 11.3 Å². The van der Waals surface area contributed by atoms with Crippen molar-refractivity contribution in [3.63, 3.8) is 0 Å². The lowest BCUT2D eigenvalue weighted by molar-refractivity contribution is -0.131. The summed E-state index contributed by atoms with van der Waals surface area (Å²) in [6.07, 6.45) is 0. The zero-order chi connectivity index (χ0) is 16.0. The van der Waals surface area contributed by atoms with E-state index in [-0.39, 0.29) is 24.7 Å². The number of ether oxygens (including phenoxy) is 1. The molecular formula is C14H20FN3O3. The van der Waals surface area contributed by atoms with Crippen LogP contribution in [0.4, 0.5) is 9.18 Å². The summed E-state index contributed by atoms with van der Waals surface area (Å²) >= 11 is 0. The van der Waals surface area contributed by atoms with E-state index in [9.17, 15) is 14.0 Å². The minimum Gasteiger partial charge on any atom is -0.494 e. The van der Waals surface area contributed by atoms with Crippen LogP contribution in [0.1, 0.15) is 12.5 Å². The second-order valence-corrected chi connectivity index (χ2v) is 4.57. The van der Waals surface area contributed by atoms with Gasteiger partial charge in [-0.05, 0) is 24.6 Å². The van der Waals surface area contributed by atoms with Crippen molar-refractivity contribution < 1.29 is 18.7 Å². The van der Waals surface area contributed by atoms with E-state index in [4.69, 9.17) is 10.5 Å². The Labute approximate surface area is 123 Å². The Bertz CT molecular complexity index is 522. The predicted molar refractivity (Wildman–Crippen MR) is 76.3 cm³/mol. The van der Waals surface area contributed by atoms with Crippen molar-refractivity contribution in [2.24, 2.45) is 5.73 Å². The number of benzene rings is 1. The molecule has 7 heteroatoms. The number of nitrogens with two attached hydrogens (primary N) is 1. The van der Waals surface area contributed by atoms with Gasteiger partial charge in [0, 0.05) is 20.1 Å². The summed E-state index contributed by atoms with van der Waals surface area (Å²) in [7, 11) is 2.83. The Balaban J connectivity index is 2.75. The Kier molecular flexibility index (Phi) is 5.95. The predicted octanol–water partition coefficient (Wildman–Crippen LogP) is 1.19. The standard InChI is InChI=1S/C14H20FN3O3/c1-4-18(13(19)9-17(2)14(16)20)8-10-5-6-12(21-3)11(15)7-10/h5-7H,4,8-9H2,1-3H3,(H2,16,20). The van der Waals surface area contributed by atoms with E-state index >= 15 is 0 Å². The van der Waals surface area contributed by atoms with E-state index in [1.807, 2.05) is 6.92 Å². The molecule has 0 saturated carbocycles. The van der Waals surface area contributed by atoms with E-state index in [0.717, 1.165) is 4.90 Å². The van der Waals surface area contributed by atoms with Gasteiger partial charge in [-0.2, -0.15) is 0 Å². The van der Waals surface area contributed by atoms with Crippen LogP contribution in [-0.4, -0.2) is 49.0 Å². The van der Waals surface area contributed by atoms with Crippen molar-refractivity contribution in [3.8, 4) is 5.75 Å². The van der Waals surface area contributed by atoms with Gasteiger partial charge in [0.05, 0.1) is 7.11 Å². The van der Waals surface area contributed by atoms with Gasteiger partial charge in [0.25, 0.3) is 0 Å². The lowest BCUT2D eigenvalue weighted by Gasteiger charge is -2.24. The molecule has 0 atom stereocenters. The molecular weight excluding hydrogens is 277 g/mol. The summed E-state index contributed by atoms with van der Waals surface area (Å²) in [5.74, 6) is -0.579. The summed E-state index contributed by atoms with van der Waals surface area (Å²) in [4.78, 5) is 25.6. The number of likely N-dealkylation sites (N-methyl/N-ethyl adjacent to an activating group) is 2. The first-order chi connectivity index (χ1) is 9.88. The molecule has 2 N–H and O–H groups in total. The number of carbonyl (C=O) groups is 2. The highest BCUT2D eigenvalue weighted by Crippen LogP contribution is 2.18. The van der Waals surface area contributed by atoms with E-state index in [0.29, 0.717) is 12.1 Å². The van der Waals surface area contributed by atoms with E-state index < -0.39 is 11.8 Å². The highest BCUT2D eigenvalue weighted by Gasteiger charge is 2.16. The minimum absolute atomic E-state index is 0.109. The highest BCUT2D eigenvalue weighted by atomic mass is 19.1. The fourth-order valence-corrected chi connectivity index (χ4v) is 1.79. The zero-order valence-electron chi connectivity index (χ0n) is 12.4. The normalized spacial score (nSPS) is 10.1. The molecule has 0 aromatic heterocycles. The third-order valence-electron chi connectivity index (χ3n) is 3.07. The summed E-state index contributed by atoms with van der Waals surface area (Å²) in [6.45, 7) is 2.39. The fourth-order valence-electron chi connectivity index (χ4n) is 1.79. The molecule has 0 aliphatic rings. The highest BCUT2D eigenvalue weighted by molar-refractivity contribution is 5.83. The number of halogens is 1. The van der Waals surface area contributed by atoms with Crippen molar-refractivity contribution in [1.29, 1.82) is 0 Å². The molecule has 116 valence electrons. The summed E-state index contributed by atoms with van der Waals surface area (Å²) < 4.78 is 18.5. The van der Waals surface area contributed by atoms with Crippen molar-refractivity contribution in [3.05, 3.63) is 29.6 Å². The van der Waals surface area contributed by atoms with Crippen LogP contribution in [0.3, 0.4) is 0 Å². The SMILES string of the molecule is CCN(Cc1ccc(OC)c(F)c1)C(=O)CN(C)C(N)=O. The number of hydrogen-bond acceptors (Lipinski definition) is 3. The van der Waals surface area contributed by atoms with Crippen LogP contribution >= 0.6 is 0 Å². The fraction of sp³-hybridized carbons (Fsp3) is 0.429. The van der Waals surface area contributed by atoms with Crippen LogP contribution in [0.25, 0.3) is 0 Å². The van der Waals surface area contributed by atoms with E-state index in [1.54, 1.807) is 6.07 Å². The van der Waals surface area contributed by atoms with Gasteiger partial charge in [-0.15, -0.1) is 0 Å². The second-order valence-electron chi connectivity index (χ2n) is 4.57. The smallest absolute Gasteiger partial charge is 0.314 e. The Morgan fingerprint density at radius 2 is 2.05 bits per heavy atom. The topological polar surface area (TPSA) is 75.9 Å². The third-order valence-corrected chi connectivity index (χ3v) is 3.07. The Morgan fingerprint density at radius 3 is 2.52 bits per heavy atom. The Morgan fingerprint density at radius 1 is 1.38 bits per heavy atom. The van der Waals surface area contributed by atoms with Gasteiger partial charge in [-0.1, -0.05) is 6.07 Å². The average molecular weight is 297 g/mol. The van der Waals surface area contributed by atoms with Gasteiger partial charge in [0.2, 0.25) is 5.91 Å². The number of rotatable bonds is 6. The molecule has 6 nitrogen and oxygen atoms in total. The molecule has 21 heavy (non-hydrogen) atoms. The maximum atomic E-state index is 13.6. The molecule has 0 radical (unpaired) electrons. The molecule has 0 aliphatic heterocycles. The van der Waals surface area contributed by atoms with Crippen molar-refractivity contribution >= 4 is 11.9 Å². The average Bonchev–Trinajstić information content (AvgIpc) is 2.44. The molecule has 0 bridgehead atoms. The monoisotopic (exact) mass is 297 g/mol. The van der Waals surface area contributed by atoms with Crippen LogP contribution < -0.4 is 10.5 Å². The number of carbonyl (C=O) groups excluding carboxylic acids is 2. The van der Waals surface area contributed by atoms with Crippen molar-refractivity contribution in [1.82, 2.24) is 9.80 Å². The van der Waals surface area contributed by atoms with Gasteiger partial charge in [0.1, 0.15) is 6.54 Å². The maximum Gasteiger partial charge on any atom is 0.314 e. The molecule has 0 fully saturated rings. The third kappa shape index (κ3) is 4.62. The zero-order valence-corrected chi connectivity index (χ0v) is 12.4. The van der Waals surface area contributed by atoms with Gasteiger partial charge < -0.3 is 20.3 Å². The minimum atomic E-state index is -0.671. The quantitative estimate of drug-likeness (QED) is 0.857. The molecule has 0 aliphatic carbocycles. The molecule has 0 heterocycles. The number of amides is 3. The molecule has 0 spiro atoms. The first-order valence-electron chi connectivity index (χ1n) is 6.49.